The summed E-state index contributed by atoms with van der Waals surface area (Å²) in [6.07, 6.45) is 2.69. The van der Waals surface area contributed by atoms with Gasteiger partial charge in [-0.15, -0.1) is 0 Å². The number of aromatic amines is 1. The molecule has 0 atom stereocenters. The van der Waals surface area contributed by atoms with Gasteiger partial charge in [0.05, 0.1) is 6.61 Å². The quantitative estimate of drug-likeness (QED) is 0.497. The summed E-state index contributed by atoms with van der Waals surface area (Å²) in [6, 6.07) is 7.40. The maximum absolute atomic E-state index is 12.1. The average molecular weight is 258 g/mol. The Hall–Kier alpha value is -2.56. The van der Waals surface area contributed by atoms with Crippen LogP contribution in [0.4, 0.5) is 0 Å². The molecule has 1 heterocycles. The molecule has 2 rings (SSSR count). The third kappa shape index (κ3) is 2.65. The summed E-state index contributed by atoms with van der Waals surface area (Å²) >= 11 is 0. The molecule has 5 nitrogen and oxygen atoms in total. The predicted octanol–water partition coefficient (Wildman–Crippen LogP) is 1.76. The SMILES string of the molecule is CCOC(=O)C(N)=CC(=O)c1c[nH]c2ccccc12. The number of esters is 1. The summed E-state index contributed by atoms with van der Waals surface area (Å²) in [5.74, 6) is -1.02. The highest BCUT2D eigenvalue weighted by Gasteiger charge is 2.13. The Labute approximate surface area is 110 Å². The lowest BCUT2D eigenvalue weighted by molar-refractivity contribution is -0.138. The summed E-state index contributed by atoms with van der Waals surface area (Å²) in [4.78, 5) is 26.4. The maximum Gasteiger partial charge on any atom is 0.354 e. The van der Waals surface area contributed by atoms with Crippen LogP contribution < -0.4 is 5.73 Å². The number of ether oxygens (including phenoxy) is 1. The number of rotatable bonds is 4. The van der Waals surface area contributed by atoms with Crippen molar-refractivity contribution in [3.8, 4) is 0 Å². The van der Waals surface area contributed by atoms with Gasteiger partial charge >= 0.3 is 5.97 Å². The van der Waals surface area contributed by atoms with Crippen LogP contribution in [0.5, 0.6) is 0 Å². The number of allylic oxidation sites excluding steroid dienone is 1. The van der Waals surface area contributed by atoms with E-state index in [1.54, 1.807) is 13.1 Å². The van der Waals surface area contributed by atoms with Crippen molar-refractivity contribution in [3.05, 3.63) is 47.8 Å². The van der Waals surface area contributed by atoms with E-state index in [0.717, 1.165) is 17.0 Å². The van der Waals surface area contributed by atoms with Gasteiger partial charge in [-0.2, -0.15) is 0 Å². The van der Waals surface area contributed by atoms with Gasteiger partial charge in [-0.1, -0.05) is 18.2 Å². The fourth-order valence-corrected chi connectivity index (χ4v) is 1.77. The Bertz CT molecular complexity index is 656. The summed E-state index contributed by atoms with van der Waals surface area (Å²) in [5.41, 5.74) is 6.64. The molecule has 0 aliphatic rings. The van der Waals surface area contributed by atoms with Gasteiger partial charge in [-0.3, -0.25) is 4.79 Å². The molecule has 0 amide bonds. The molecule has 0 saturated heterocycles. The molecular formula is C14H14N2O3. The van der Waals surface area contributed by atoms with E-state index in [1.807, 2.05) is 24.3 Å². The van der Waals surface area contributed by atoms with Crippen LogP contribution in [0.1, 0.15) is 17.3 Å². The van der Waals surface area contributed by atoms with Gasteiger partial charge in [0, 0.05) is 28.7 Å². The number of nitrogens with two attached hydrogens (primary N) is 1. The summed E-state index contributed by atoms with van der Waals surface area (Å²) in [6.45, 7) is 1.89. The van der Waals surface area contributed by atoms with Crippen molar-refractivity contribution >= 4 is 22.7 Å². The number of hydrogen-bond donors (Lipinski definition) is 2. The first-order chi connectivity index (χ1) is 9.13. The van der Waals surface area contributed by atoms with Crippen molar-refractivity contribution in [2.24, 2.45) is 5.73 Å². The molecule has 0 spiro atoms. The van der Waals surface area contributed by atoms with Crippen LogP contribution in [0.2, 0.25) is 0 Å². The largest absolute Gasteiger partial charge is 0.461 e. The Balaban J connectivity index is 2.30. The highest BCUT2D eigenvalue weighted by atomic mass is 16.5. The fraction of sp³-hybridized carbons (Fsp3) is 0.143. The molecule has 0 unspecified atom stereocenters. The second-order valence-corrected chi connectivity index (χ2v) is 3.93. The summed E-state index contributed by atoms with van der Waals surface area (Å²) in [7, 11) is 0. The fourth-order valence-electron chi connectivity index (χ4n) is 1.77. The summed E-state index contributed by atoms with van der Waals surface area (Å²) in [5, 5.41) is 0.792. The molecule has 0 aliphatic carbocycles. The number of nitrogens with one attached hydrogen (secondary N) is 1. The van der Waals surface area contributed by atoms with Crippen LogP contribution in [0.3, 0.4) is 0 Å². The molecule has 0 radical (unpaired) electrons. The molecule has 0 bridgehead atoms. The minimum absolute atomic E-state index is 0.197. The molecule has 0 fully saturated rings. The third-order valence-electron chi connectivity index (χ3n) is 2.65. The van der Waals surface area contributed by atoms with Gasteiger partial charge in [0.1, 0.15) is 5.70 Å². The van der Waals surface area contributed by atoms with Crippen molar-refractivity contribution < 1.29 is 14.3 Å². The first-order valence-electron chi connectivity index (χ1n) is 5.88. The standard InChI is InChI=1S/C14H14N2O3/c1-2-19-14(18)11(15)7-13(17)10-8-16-12-6-4-3-5-9(10)12/h3-8,16H,2,15H2,1H3. The zero-order valence-electron chi connectivity index (χ0n) is 10.5. The lowest BCUT2D eigenvalue weighted by atomic mass is 10.1. The van der Waals surface area contributed by atoms with E-state index in [1.165, 1.54) is 0 Å². The molecule has 3 N–H and O–H groups in total. The Kier molecular flexibility index (Phi) is 3.66. The minimum Gasteiger partial charge on any atom is -0.461 e. The van der Waals surface area contributed by atoms with E-state index in [-0.39, 0.29) is 18.1 Å². The van der Waals surface area contributed by atoms with E-state index in [0.29, 0.717) is 5.56 Å². The predicted molar refractivity (Wildman–Crippen MR) is 71.5 cm³/mol. The van der Waals surface area contributed by atoms with Crippen molar-refractivity contribution in [1.29, 1.82) is 0 Å². The zero-order valence-corrected chi connectivity index (χ0v) is 10.5. The Morgan fingerprint density at radius 2 is 2.11 bits per heavy atom. The van der Waals surface area contributed by atoms with Crippen molar-refractivity contribution in [2.45, 2.75) is 6.92 Å². The van der Waals surface area contributed by atoms with E-state index in [4.69, 9.17) is 10.5 Å². The van der Waals surface area contributed by atoms with Gasteiger partial charge in [0.25, 0.3) is 0 Å². The van der Waals surface area contributed by atoms with E-state index >= 15 is 0 Å². The normalized spacial score (nSPS) is 11.5. The van der Waals surface area contributed by atoms with E-state index in [9.17, 15) is 9.59 Å². The number of H-pyrrole nitrogens is 1. The number of carbonyl (C=O) groups is 2. The van der Waals surface area contributed by atoms with E-state index < -0.39 is 5.97 Å². The second-order valence-electron chi connectivity index (χ2n) is 3.93. The topological polar surface area (TPSA) is 85.2 Å². The molecular weight excluding hydrogens is 244 g/mol. The number of fused-ring (bicyclic) bond motifs is 1. The van der Waals surface area contributed by atoms with Crippen LogP contribution in [-0.2, 0) is 9.53 Å². The first kappa shape index (κ1) is 12.9. The van der Waals surface area contributed by atoms with Crippen LogP contribution in [0.25, 0.3) is 10.9 Å². The van der Waals surface area contributed by atoms with Gasteiger partial charge < -0.3 is 15.5 Å². The number of hydrogen-bond acceptors (Lipinski definition) is 4. The van der Waals surface area contributed by atoms with Gasteiger partial charge in [-0.25, -0.2) is 4.79 Å². The molecule has 98 valence electrons. The van der Waals surface area contributed by atoms with Crippen LogP contribution in [0, 0.1) is 0 Å². The highest BCUT2D eigenvalue weighted by Crippen LogP contribution is 2.18. The maximum atomic E-state index is 12.1. The smallest absolute Gasteiger partial charge is 0.354 e. The molecule has 2 aromatic rings. The Morgan fingerprint density at radius 1 is 1.37 bits per heavy atom. The van der Waals surface area contributed by atoms with Gasteiger partial charge in [0.15, 0.2) is 5.78 Å². The number of carbonyl (C=O) groups excluding carboxylic acids is 2. The number of aromatic nitrogens is 1. The molecule has 1 aromatic carbocycles. The zero-order chi connectivity index (χ0) is 13.8. The first-order valence-corrected chi connectivity index (χ1v) is 5.88. The molecule has 19 heavy (non-hydrogen) atoms. The Morgan fingerprint density at radius 3 is 2.84 bits per heavy atom. The second kappa shape index (κ2) is 5.39. The number of ketones is 1. The van der Waals surface area contributed by atoms with Crippen LogP contribution >= 0.6 is 0 Å². The van der Waals surface area contributed by atoms with E-state index in [2.05, 4.69) is 4.98 Å². The molecule has 0 aliphatic heterocycles. The average Bonchev–Trinajstić information content (AvgIpc) is 2.82. The monoisotopic (exact) mass is 258 g/mol. The van der Waals surface area contributed by atoms with Crippen LogP contribution in [-0.4, -0.2) is 23.3 Å². The highest BCUT2D eigenvalue weighted by molar-refractivity contribution is 6.15. The third-order valence-corrected chi connectivity index (χ3v) is 2.65. The van der Waals surface area contributed by atoms with Crippen LogP contribution in [0.15, 0.2) is 42.2 Å². The lowest BCUT2D eigenvalue weighted by Gasteiger charge is -2.00. The van der Waals surface area contributed by atoms with Gasteiger partial charge in [0.2, 0.25) is 0 Å². The van der Waals surface area contributed by atoms with Crippen molar-refractivity contribution in [3.63, 3.8) is 0 Å². The van der Waals surface area contributed by atoms with Crippen molar-refractivity contribution in [1.82, 2.24) is 4.98 Å². The minimum atomic E-state index is -0.685. The lowest BCUT2D eigenvalue weighted by Crippen LogP contribution is -2.16. The number of para-hydroxylation sites is 1. The molecule has 0 saturated carbocycles. The van der Waals surface area contributed by atoms with Gasteiger partial charge in [-0.05, 0) is 13.0 Å². The van der Waals surface area contributed by atoms with Crippen molar-refractivity contribution in [2.75, 3.05) is 6.61 Å². The molecule has 5 heteroatoms. The number of benzene rings is 1. The molecule has 1 aromatic heterocycles. The summed E-state index contributed by atoms with van der Waals surface area (Å²) < 4.78 is 4.72.